The fourth-order valence-corrected chi connectivity index (χ4v) is 2.33. The standard InChI is InChI=1S/C14H19NO2/c1-4-9-6-10(12(16)5-2)7-11-8(3)14(17)15-13(9)11/h6-8,12,16H,4-5H2,1-3H3,(H,15,17). The molecule has 0 aliphatic carbocycles. The maximum Gasteiger partial charge on any atom is 0.231 e. The smallest absolute Gasteiger partial charge is 0.231 e. The van der Waals surface area contributed by atoms with E-state index in [1.807, 2.05) is 26.0 Å². The van der Waals surface area contributed by atoms with Crippen LogP contribution in [0.3, 0.4) is 0 Å². The van der Waals surface area contributed by atoms with Crippen molar-refractivity contribution in [1.82, 2.24) is 0 Å². The van der Waals surface area contributed by atoms with Crippen molar-refractivity contribution < 1.29 is 9.90 Å². The second-order valence-corrected chi connectivity index (χ2v) is 4.63. The van der Waals surface area contributed by atoms with Gasteiger partial charge in [0.15, 0.2) is 0 Å². The van der Waals surface area contributed by atoms with E-state index >= 15 is 0 Å². The number of carbonyl (C=O) groups is 1. The molecular formula is C14H19NO2. The predicted octanol–water partition coefficient (Wildman–Crippen LogP) is 2.75. The monoisotopic (exact) mass is 233 g/mol. The fourth-order valence-electron chi connectivity index (χ4n) is 2.33. The zero-order valence-electron chi connectivity index (χ0n) is 10.6. The molecule has 1 aliphatic rings. The minimum atomic E-state index is -0.437. The van der Waals surface area contributed by atoms with Gasteiger partial charge in [-0.1, -0.05) is 26.0 Å². The number of benzene rings is 1. The van der Waals surface area contributed by atoms with E-state index in [2.05, 4.69) is 12.2 Å². The first-order valence-electron chi connectivity index (χ1n) is 6.24. The van der Waals surface area contributed by atoms with Crippen molar-refractivity contribution in [3.05, 3.63) is 28.8 Å². The summed E-state index contributed by atoms with van der Waals surface area (Å²) in [6.07, 6.45) is 1.12. The van der Waals surface area contributed by atoms with Gasteiger partial charge in [0, 0.05) is 5.69 Å². The van der Waals surface area contributed by atoms with Gasteiger partial charge in [0.1, 0.15) is 0 Å². The average Bonchev–Trinajstić information content (AvgIpc) is 2.63. The first-order chi connectivity index (χ1) is 8.08. The maximum absolute atomic E-state index is 11.7. The van der Waals surface area contributed by atoms with E-state index in [1.54, 1.807) is 0 Å². The van der Waals surface area contributed by atoms with Gasteiger partial charge in [0.05, 0.1) is 12.0 Å². The summed E-state index contributed by atoms with van der Waals surface area (Å²) in [6, 6.07) is 3.97. The molecule has 1 aromatic carbocycles. The van der Waals surface area contributed by atoms with Gasteiger partial charge in [0.2, 0.25) is 5.91 Å². The molecule has 1 amide bonds. The molecule has 92 valence electrons. The fraction of sp³-hybridized carbons (Fsp3) is 0.500. The van der Waals surface area contributed by atoms with Crippen molar-refractivity contribution in [2.45, 2.75) is 45.6 Å². The highest BCUT2D eigenvalue weighted by Crippen LogP contribution is 2.37. The molecule has 17 heavy (non-hydrogen) atoms. The molecule has 3 heteroatoms. The zero-order valence-corrected chi connectivity index (χ0v) is 10.6. The summed E-state index contributed by atoms with van der Waals surface area (Å²) in [7, 11) is 0. The first kappa shape index (κ1) is 12.1. The van der Waals surface area contributed by atoms with Gasteiger partial charge in [-0.3, -0.25) is 4.79 Å². The molecule has 1 aliphatic heterocycles. The quantitative estimate of drug-likeness (QED) is 0.843. The summed E-state index contributed by atoms with van der Waals surface area (Å²) in [5, 5.41) is 12.9. The summed E-state index contributed by atoms with van der Waals surface area (Å²) >= 11 is 0. The number of hydrogen-bond donors (Lipinski definition) is 2. The Balaban J connectivity index is 2.53. The van der Waals surface area contributed by atoms with Gasteiger partial charge >= 0.3 is 0 Å². The van der Waals surface area contributed by atoms with Gasteiger partial charge in [-0.15, -0.1) is 0 Å². The second-order valence-electron chi connectivity index (χ2n) is 4.63. The molecule has 2 rings (SSSR count). The number of aliphatic hydroxyl groups excluding tert-OH is 1. The van der Waals surface area contributed by atoms with E-state index in [9.17, 15) is 9.90 Å². The van der Waals surface area contributed by atoms with Crippen LogP contribution in [0.25, 0.3) is 0 Å². The molecule has 2 unspecified atom stereocenters. The minimum Gasteiger partial charge on any atom is -0.388 e. The van der Waals surface area contributed by atoms with E-state index < -0.39 is 6.10 Å². The molecule has 0 fully saturated rings. The lowest BCUT2D eigenvalue weighted by atomic mass is 9.93. The Morgan fingerprint density at radius 2 is 2.12 bits per heavy atom. The van der Waals surface area contributed by atoms with E-state index in [0.29, 0.717) is 6.42 Å². The molecule has 0 saturated heterocycles. The largest absolute Gasteiger partial charge is 0.388 e. The van der Waals surface area contributed by atoms with Crippen LogP contribution in [0.2, 0.25) is 0 Å². The lowest BCUT2D eigenvalue weighted by Gasteiger charge is -2.14. The Labute approximate surface area is 102 Å². The number of anilines is 1. The van der Waals surface area contributed by atoms with Crippen LogP contribution in [0.15, 0.2) is 12.1 Å². The molecule has 0 saturated carbocycles. The minimum absolute atomic E-state index is 0.0536. The average molecular weight is 233 g/mol. The van der Waals surface area contributed by atoms with Crippen LogP contribution in [0.4, 0.5) is 5.69 Å². The predicted molar refractivity (Wildman–Crippen MR) is 68.1 cm³/mol. The van der Waals surface area contributed by atoms with E-state index in [4.69, 9.17) is 0 Å². The van der Waals surface area contributed by atoms with Crippen molar-refractivity contribution >= 4 is 11.6 Å². The molecule has 0 aromatic heterocycles. The van der Waals surface area contributed by atoms with Crippen LogP contribution in [0.5, 0.6) is 0 Å². The Hall–Kier alpha value is -1.35. The first-order valence-corrected chi connectivity index (χ1v) is 6.24. The molecular weight excluding hydrogens is 214 g/mol. The van der Waals surface area contributed by atoms with Crippen LogP contribution in [-0.4, -0.2) is 11.0 Å². The lowest BCUT2D eigenvalue weighted by Crippen LogP contribution is -2.08. The zero-order chi connectivity index (χ0) is 12.6. The number of rotatable bonds is 3. The number of aryl methyl sites for hydroxylation is 1. The second kappa shape index (κ2) is 4.49. The van der Waals surface area contributed by atoms with E-state index in [0.717, 1.165) is 28.8 Å². The number of carbonyl (C=O) groups excluding carboxylic acids is 1. The Morgan fingerprint density at radius 3 is 2.71 bits per heavy atom. The normalized spacial score (nSPS) is 20.0. The van der Waals surface area contributed by atoms with Crippen molar-refractivity contribution in [2.75, 3.05) is 5.32 Å². The van der Waals surface area contributed by atoms with Gasteiger partial charge in [0.25, 0.3) is 0 Å². The van der Waals surface area contributed by atoms with Gasteiger partial charge < -0.3 is 10.4 Å². The van der Waals surface area contributed by atoms with Crippen LogP contribution in [-0.2, 0) is 11.2 Å². The van der Waals surface area contributed by atoms with Gasteiger partial charge in [-0.25, -0.2) is 0 Å². The third-order valence-corrected chi connectivity index (χ3v) is 3.53. The van der Waals surface area contributed by atoms with E-state index in [-0.39, 0.29) is 11.8 Å². The third kappa shape index (κ3) is 1.95. The summed E-state index contributed by atoms with van der Waals surface area (Å²) in [5.41, 5.74) is 4.02. The number of nitrogens with one attached hydrogen (secondary N) is 1. The highest BCUT2D eigenvalue weighted by atomic mass is 16.3. The van der Waals surface area contributed by atoms with Crippen molar-refractivity contribution in [3.63, 3.8) is 0 Å². The number of fused-ring (bicyclic) bond motifs is 1. The summed E-state index contributed by atoms with van der Waals surface area (Å²) in [6.45, 7) is 5.92. The van der Waals surface area contributed by atoms with E-state index in [1.165, 1.54) is 0 Å². The highest BCUT2D eigenvalue weighted by Gasteiger charge is 2.29. The molecule has 1 heterocycles. The van der Waals surface area contributed by atoms with Crippen LogP contribution >= 0.6 is 0 Å². The SMILES string of the molecule is CCc1cc(C(O)CC)cc2c1NC(=O)C2C. The van der Waals surface area contributed by atoms with Crippen LogP contribution in [0.1, 0.15) is 55.9 Å². The van der Waals surface area contributed by atoms with Crippen molar-refractivity contribution in [3.8, 4) is 0 Å². The third-order valence-electron chi connectivity index (χ3n) is 3.53. The Bertz CT molecular complexity index is 454. The molecule has 1 aromatic rings. The number of hydrogen-bond acceptors (Lipinski definition) is 2. The molecule has 2 atom stereocenters. The number of aliphatic hydroxyl groups is 1. The highest BCUT2D eigenvalue weighted by molar-refractivity contribution is 6.03. The van der Waals surface area contributed by atoms with Crippen molar-refractivity contribution in [1.29, 1.82) is 0 Å². The Kier molecular flexibility index (Phi) is 3.20. The summed E-state index contributed by atoms with van der Waals surface area (Å²) in [5.74, 6) is -0.0582. The summed E-state index contributed by atoms with van der Waals surface area (Å²) < 4.78 is 0. The lowest BCUT2D eigenvalue weighted by molar-refractivity contribution is -0.116. The molecule has 3 nitrogen and oxygen atoms in total. The molecule has 2 N–H and O–H groups in total. The van der Waals surface area contributed by atoms with Crippen LogP contribution < -0.4 is 5.32 Å². The maximum atomic E-state index is 11.7. The Morgan fingerprint density at radius 1 is 1.41 bits per heavy atom. The number of amides is 1. The van der Waals surface area contributed by atoms with Gasteiger partial charge in [-0.2, -0.15) is 0 Å². The van der Waals surface area contributed by atoms with Gasteiger partial charge in [-0.05, 0) is 36.5 Å². The van der Waals surface area contributed by atoms with Crippen LogP contribution in [0, 0.1) is 0 Å². The molecule has 0 radical (unpaired) electrons. The molecule has 0 bridgehead atoms. The van der Waals surface area contributed by atoms with Crippen molar-refractivity contribution in [2.24, 2.45) is 0 Å². The molecule has 0 spiro atoms. The summed E-state index contributed by atoms with van der Waals surface area (Å²) in [4.78, 5) is 11.7. The topological polar surface area (TPSA) is 49.3 Å².